The minimum atomic E-state index is -1.45. The molecule has 0 saturated carbocycles. The fourth-order valence-corrected chi connectivity index (χ4v) is 1.66. The highest BCUT2D eigenvalue weighted by atomic mass is 16.4. The van der Waals surface area contributed by atoms with E-state index < -0.39 is 17.9 Å². The molecule has 6 nitrogen and oxygen atoms in total. The maximum atomic E-state index is 11.2. The van der Waals surface area contributed by atoms with Gasteiger partial charge in [-0.05, 0) is 25.9 Å². The molecule has 6 heteroatoms. The largest absolute Gasteiger partial charge is 0.480 e. The Morgan fingerprint density at radius 2 is 2.33 bits per heavy atom. The number of hydrogen-bond acceptors (Lipinski definition) is 4. The third-order valence-electron chi connectivity index (χ3n) is 2.60. The van der Waals surface area contributed by atoms with Crippen molar-refractivity contribution < 1.29 is 14.7 Å². The van der Waals surface area contributed by atoms with Crippen molar-refractivity contribution in [1.82, 2.24) is 10.2 Å². The second-order valence-electron chi connectivity index (χ2n) is 3.98. The summed E-state index contributed by atoms with van der Waals surface area (Å²) in [5.41, 5.74) is 5.15. The molecule has 0 aliphatic carbocycles. The lowest BCUT2D eigenvalue weighted by Gasteiger charge is -2.13. The molecule has 86 valence electrons. The van der Waals surface area contributed by atoms with Crippen molar-refractivity contribution >= 4 is 11.9 Å². The maximum absolute atomic E-state index is 11.2. The lowest BCUT2D eigenvalue weighted by Crippen LogP contribution is -2.47. The van der Waals surface area contributed by atoms with E-state index in [-0.39, 0.29) is 0 Å². The Balaban J connectivity index is 2.25. The number of rotatable bonds is 4. The first-order valence-corrected chi connectivity index (χ1v) is 4.95. The standard InChI is InChI=1S/C9H17N3O3/c1-12-3-2-6(5-12)4-11-8(13)7(10)9(14)15/h6-7H,2-5,10H2,1H3,(H,11,13)(H,14,15). The van der Waals surface area contributed by atoms with Crippen molar-refractivity contribution in [3.8, 4) is 0 Å². The molecule has 2 unspecified atom stereocenters. The topological polar surface area (TPSA) is 95.7 Å². The van der Waals surface area contributed by atoms with Gasteiger partial charge in [0.15, 0.2) is 6.04 Å². The number of likely N-dealkylation sites (tertiary alicyclic amines) is 1. The lowest BCUT2D eigenvalue weighted by molar-refractivity contribution is -0.142. The van der Waals surface area contributed by atoms with Crippen LogP contribution >= 0.6 is 0 Å². The van der Waals surface area contributed by atoms with Crippen LogP contribution in [0.3, 0.4) is 0 Å². The summed E-state index contributed by atoms with van der Waals surface area (Å²) in [4.78, 5) is 23.8. The zero-order valence-electron chi connectivity index (χ0n) is 8.77. The number of carbonyl (C=O) groups excluding carboxylic acids is 1. The van der Waals surface area contributed by atoms with Gasteiger partial charge < -0.3 is 21.1 Å². The molecule has 0 aromatic carbocycles. The monoisotopic (exact) mass is 215 g/mol. The molecule has 1 heterocycles. The summed E-state index contributed by atoms with van der Waals surface area (Å²) in [7, 11) is 2.02. The number of carbonyl (C=O) groups is 2. The van der Waals surface area contributed by atoms with Gasteiger partial charge in [-0.1, -0.05) is 0 Å². The van der Waals surface area contributed by atoms with E-state index in [0.29, 0.717) is 12.5 Å². The quantitative estimate of drug-likeness (QED) is 0.494. The van der Waals surface area contributed by atoms with Gasteiger partial charge >= 0.3 is 5.97 Å². The molecule has 1 amide bonds. The zero-order chi connectivity index (χ0) is 11.4. The van der Waals surface area contributed by atoms with Gasteiger partial charge in [0.05, 0.1) is 0 Å². The zero-order valence-corrected chi connectivity index (χ0v) is 8.77. The highest BCUT2D eigenvalue weighted by Gasteiger charge is 2.24. The Hall–Kier alpha value is -1.14. The molecular weight excluding hydrogens is 198 g/mol. The van der Waals surface area contributed by atoms with Gasteiger partial charge in [0.2, 0.25) is 5.91 Å². The molecule has 1 fully saturated rings. The van der Waals surface area contributed by atoms with E-state index in [1.165, 1.54) is 0 Å². The van der Waals surface area contributed by atoms with Crippen molar-refractivity contribution in [2.24, 2.45) is 11.7 Å². The lowest BCUT2D eigenvalue weighted by atomic mass is 10.1. The molecule has 1 aliphatic rings. The normalized spacial score (nSPS) is 23.7. The second-order valence-corrected chi connectivity index (χ2v) is 3.98. The van der Waals surface area contributed by atoms with Crippen molar-refractivity contribution in [2.75, 3.05) is 26.7 Å². The molecule has 0 bridgehead atoms. The molecule has 0 aromatic heterocycles. The first kappa shape index (κ1) is 11.9. The van der Waals surface area contributed by atoms with Gasteiger partial charge in [-0.2, -0.15) is 0 Å². The van der Waals surface area contributed by atoms with Gasteiger partial charge in [0.1, 0.15) is 0 Å². The fourth-order valence-electron chi connectivity index (χ4n) is 1.66. The van der Waals surface area contributed by atoms with Gasteiger partial charge in [0.25, 0.3) is 0 Å². The van der Waals surface area contributed by atoms with Crippen LogP contribution in [0.1, 0.15) is 6.42 Å². The Labute approximate surface area is 88.4 Å². The van der Waals surface area contributed by atoms with Gasteiger partial charge in [-0.25, -0.2) is 4.79 Å². The van der Waals surface area contributed by atoms with Crippen LogP contribution in [0, 0.1) is 5.92 Å². The predicted molar refractivity (Wildman–Crippen MR) is 54.2 cm³/mol. The first-order valence-electron chi connectivity index (χ1n) is 4.95. The fraction of sp³-hybridized carbons (Fsp3) is 0.778. The minimum Gasteiger partial charge on any atom is -0.480 e. The van der Waals surface area contributed by atoms with Gasteiger partial charge in [0, 0.05) is 13.1 Å². The summed E-state index contributed by atoms with van der Waals surface area (Å²) >= 11 is 0. The SMILES string of the molecule is CN1CCC(CNC(=O)C(N)C(=O)O)C1. The summed E-state index contributed by atoms with van der Waals surface area (Å²) < 4.78 is 0. The van der Waals surface area contributed by atoms with Crippen LogP contribution in [0.15, 0.2) is 0 Å². The Kier molecular flexibility index (Phi) is 4.05. The average molecular weight is 215 g/mol. The molecule has 0 aromatic rings. The molecule has 2 atom stereocenters. The van der Waals surface area contributed by atoms with Crippen molar-refractivity contribution in [2.45, 2.75) is 12.5 Å². The van der Waals surface area contributed by atoms with Crippen molar-refractivity contribution in [3.05, 3.63) is 0 Å². The number of amides is 1. The summed E-state index contributed by atoms with van der Waals surface area (Å²) in [6, 6.07) is -1.45. The van der Waals surface area contributed by atoms with Crippen molar-refractivity contribution in [1.29, 1.82) is 0 Å². The van der Waals surface area contributed by atoms with Crippen LogP contribution < -0.4 is 11.1 Å². The van der Waals surface area contributed by atoms with E-state index in [4.69, 9.17) is 10.8 Å². The van der Waals surface area contributed by atoms with Crippen LogP contribution in [-0.2, 0) is 9.59 Å². The number of carboxylic acids is 1. The first-order chi connectivity index (χ1) is 7.00. The van der Waals surface area contributed by atoms with Crippen LogP contribution in [0.5, 0.6) is 0 Å². The Bertz CT molecular complexity index is 257. The molecule has 0 radical (unpaired) electrons. The second kappa shape index (κ2) is 5.09. The summed E-state index contributed by atoms with van der Waals surface area (Å²) in [6.07, 6.45) is 1.03. The van der Waals surface area contributed by atoms with Crippen LogP contribution in [0.25, 0.3) is 0 Å². The third kappa shape index (κ3) is 3.49. The summed E-state index contributed by atoms with van der Waals surface area (Å²) in [5, 5.41) is 11.0. The molecule has 1 saturated heterocycles. The third-order valence-corrected chi connectivity index (χ3v) is 2.60. The molecule has 0 spiro atoms. The maximum Gasteiger partial charge on any atom is 0.330 e. The smallest absolute Gasteiger partial charge is 0.330 e. The van der Waals surface area contributed by atoms with Gasteiger partial charge in [-0.15, -0.1) is 0 Å². The van der Waals surface area contributed by atoms with Crippen LogP contribution in [-0.4, -0.2) is 54.6 Å². The Morgan fingerprint density at radius 3 is 2.80 bits per heavy atom. The number of nitrogens with zero attached hydrogens (tertiary/aromatic N) is 1. The number of aliphatic carboxylic acids is 1. The molecule has 4 N–H and O–H groups in total. The average Bonchev–Trinajstić information content (AvgIpc) is 2.59. The van der Waals surface area contributed by atoms with Crippen molar-refractivity contribution in [3.63, 3.8) is 0 Å². The number of carboxylic acid groups (broad SMARTS) is 1. The minimum absolute atomic E-state index is 0.403. The van der Waals surface area contributed by atoms with Gasteiger partial charge in [-0.3, -0.25) is 4.79 Å². The number of hydrogen-bond donors (Lipinski definition) is 3. The molecule has 1 rings (SSSR count). The predicted octanol–water partition coefficient (Wildman–Crippen LogP) is -1.53. The number of nitrogens with one attached hydrogen (secondary N) is 1. The molecule has 15 heavy (non-hydrogen) atoms. The van der Waals surface area contributed by atoms with Crippen LogP contribution in [0.4, 0.5) is 0 Å². The van der Waals surface area contributed by atoms with E-state index in [1.54, 1.807) is 0 Å². The molecular formula is C9H17N3O3. The van der Waals surface area contributed by atoms with E-state index in [1.807, 2.05) is 7.05 Å². The molecule has 1 aliphatic heterocycles. The highest BCUT2D eigenvalue weighted by molar-refractivity contribution is 6.00. The highest BCUT2D eigenvalue weighted by Crippen LogP contribution is 2.12. The van der Waals surface area contributed by atoms with Crippen LogP contribution in [0.2, 0.25) is 0 Å². The van der Waals surface area contributed by atoms with E-state index >= 15 is 0 Å². The summed E-state index contributed by atoms with van der Waals surface area (Å²) in [5.74, 6) is -1.51. The summed E-state index contributed by atoms with van der Waals surface area (Å²) in [6.45, 7) is 2.46. The van der Waals surface area contributed by atoms with E-state index in [0.717, 1.165) is 19.5 Å². The Morgan fingerprint density at radius 1 is 1.67 bits per heavy atom. The van der Waals surface area contributed by atoms with E-state index in [9.17, 15) is 9.59 Å². The van der Waals surface area contributed by atoms with E-state index in [2.05, 4.69) is 10.2 Å². The number of nitrogens with two attached hydrogens (primary N) is 1.